The van der Waals surface area contributed by atoms with Crippen molar-refractivity contribution in [3.63, 3.8) is 0 Å². The molecular formula is C19H15F3N4O2. The summed E-state index contributed by atoms with van der Waals surface area (Å²) in [6.07, 6.45) is -0.210. The van der Waals surface area contributed by atoms with Gasteiger partial charge in [-0.2, -0.15) is 18.3 Å². The van der Waals surface area contributed by atoms with Crippen LogP contribution < -0.4 is 4.90 Å². The Morgan fingerprint density at radius 2 is 1.89 bits per heavy atom. The lowest BCUT2D eigenvalue weighted by atomic mass is 9.95. The van der Waals surface area contributed by atoms with Crippen molar-refractivity contribution in [2.75, 3.05) is 4.90 Å². The van der Waals surface area contributed by atoms with Gasteiger partial charge in [0.1, 0.15) is 0 Å². The van der Waals surface area contributed by atoms with Crippen LogP contribution in [-0.2, 0) is 24.0 Å². The third-order valence-corrected chi connectivity index (χ3v) is 4.72. The maximum Gasteiger partial charge on any atom is 0.430 e. The molecule has 4 rings (SSSR count). The quantitative estimate of drug-likeness (QED) is 0.749. The van der Waals surface area contributed by atoms with Gasteiger partial charge >= 0.3 is 6.18 Å². The van der Waals surface area contributed by atoms with Gasteiger partial charge in [-0.25, -0.2) is 0 Å². The molecule has 0 saturated heterocycles. The minimum Gasteiger partial charge on any atom is -0.368 e. The summed E-state index contributed by atoms with van der Waals surface area (Å²) >= 11 is 0. The molecule has 2 aromatic heterocycles. The number of halogens is 3. The molecule has 0 spiro atoms. The smallest absolute Gasteiger partial charge is 0.368 e. The lowest BCUT2D eigenvalue weighted by molar-refractivity contribution is -0.253. The van der Waals surface area contributed by atoms with Gasteiger partial charge in [0.15, 0.2) is 0 Å². The second-order valence-corrected chi connectivity index (χ2v) is 6.57. The zero-order chi connectivity index (χ0) is 20.1. The van der Waals surface area contributed by atoms with E-state index in [0.29, 0.717) is 11.3 Å². The molecule has 1 aliphatic rings. The monoisotopic (exact) mass is 388 g/mol. The highest BCUT2D eigenvalue weighted by Crippen LogP contribution is 2.49. The average Bonchev–Trinajstić information content (AvgIpc) is 3.19. The van der Waals surface area contributed by atoms with Crippen LogP contribution in [0, 0.1) is 0 Å². The van der Waals surface area contributed by atoms with Crippen LogP contribution in [-0.4, -0.2) is 32.0 Å². The topological polar surface area (TPSA) is 71.2 Å². The Hall–Kier alpha value is -3.20. The summed E-state index contributed by atoms with van der Waals surface area (Å²) < 4.78 is 42.2. The molecule has 0 aliphatic carbocycles. The summed E-state index contributed by atoms with van der Waals surface area (Å²) in [5, 5.41) is 14.3. The van der Waals surface area contributed by atoms with Gasteiger partial charge in [0, 0.05) is 30.6 Å². The van der Waals surface area contributed by atoms with E-state index in [1.54, 1.807) is 36.3 Å². The fourth-order valence-electron chi connectivity index (χ4n) is 3.29. The number of pyridine rings is 1. The van der Waals surface area contributed by atoms with Crippen molar-refractivity contribution in [1.82, 2.24) is 14.8 Å². The standard InChI is InChI=1S/C19H15F3N4O2/c1-25-11-13(9-24-25)15-7-6-12(8-23-15)10-26-16-5-3-2-4-14(16)18(28,17(26)27)19(20,21)22/h2-9,11,28H,10H2,1H3. The number of hydrogen-bond donors (Lipinski definition) is 1. The molecule has 28 heavy (non-hydrogen) atoms. The lowest BCUT2D eigenvalue weighted by Crippen LogP contribution is -2.50. The number of carbonyl (C=O) groups excluding carboxylic acids is 1. The Balaban J connectivity index is 1.66. The van der Waals surface area contributed by atoms with Crippen molar-refractivity contribution >= 4 is 11.6 Å². The first-order valence-electron chi connectivity index (χ1n) is 8.36. The van der Waals surface area contributed by atoms with Gasteiger partial charge in [-0.15, -0.1) is 0 Å². The first-order valence-corrected chi connectivity index (χ1v) is 8.36. The fraction of sp³-hybridized carbons (Fsp3) is 0.211. The van der Waals surface area contributed by atoms with Crippen LogP contribution in [0.4, 0.5) is 18.9 Å². The van der Waals surface area contributed by atoms with Gasteiger partial charge in [0.25, 0.3) is 11.5 Å². The van der Waals surface area contributed by atoms with Crippen LogP contribution in [0.15, 0.2) is 55.0 Å². The number of aromatic nitrogens is 3. The Morgan fingerprint density at radius 1 is 1.14 bits per heavy atom. The molecule has 0 fully saturated rings. The molecule has 1 unspecified atom stereocenters. The Morgan fingerprint density at radius 3 is 2.50 bits per heavy atom. The number of carbonyl (C=O) groups is 1. The third kappa shape index (κ3) is 2.66. The summed E-state index contributed by atoms with van der Waals surface area (Å²) in [6, 6.07) is 8.76. The summed E-state index contributed by atoms with van der Waals surface area (Å²) in [6.45, 7) is -0.144. The molecule has 3 aromatic rings. The summed E-state index contributed by atoms with van der Waals surface area (Å²) in [7, 11) is 1.77. The third-order valence-electron chi connectivity index (χ3n) is 4.72. The maximum absolute atomic E-state index is 13.5. The van der Waals surface area contributed by atoms with Crippen molar-refractivity contribution in [2.45, 2.75) is 18.3 Å². The van der Waals surface area contributed by atoms with Gasteiger partial charge in [-0.05, 0) is 17.7 Å². The summed E-state index contributed by atoms with van der Waals surface area (Å²) in [4.78, 5) is 17.8. The Kier molecular flexibility index (Phi) is 4.00. The number of amides is 1. The van der Waals surface area contributed by atoms with Crippen molar-refractivity contribution < 1.29 is 23.1 Å². The molecule has 1 N–H and O–H groups in total. The number of aliphatic hydroxyl groups is 1. The van der Waals surface area contributed by atoms with Crippen molar-refractivity contribution in [3.05, 3.63) is 66.1 Å². The Bertz CT molecular complexity index is 1050. The first-order chi connectivity index (χ1) is 13.2. The SMILES string of the molecule is Cn1cc(-c2ccc(CN3C(=O)C(O)(C(F)(F)F)c4ccccc43)cn2)cn1. The van der Waals surface area contributed by atoms with Crippen LogP contribution >= 0.6 is 0 Å². The maximum atomic E-state index is 13.5. The predicted molar refractivity (Wildman–Crippen MR) is 94.0 cm³/mol. The number of benzene rings is 1. The second kappa shape index (κ2) is 6.16. The van der Waals surface area contributed by atoms with E-state index < -0.39 is 23.2 Å². The second-order valence-electron chi connectivity index (χ2n) is 6.57. The first kappa shape index (κ1) is 18.2. The zero-order valence-electron chi connectivity index (χ0n) is 14.7. The number of hydrogen-bond acceptors (Lipinski definition) is 4. The molecule has 1 amide bonds. The van der Waals surface area contributed by atoms with Crippen LogP contribution in [0.5, 0.6) is 0 Å². The largest absolute Gasteiger partial charge is 0.430 e. The normalized spacial score (nSPS) is 19.2. The number of aryl methyl sites for hydroxylation is 1. The number of rotatable bonds is 3. The highest BCUT2D eigenvalue weighted by atomic mass is 19.4. The van der Waals surface area contributed by atoms with Crippen molar-refractivity contribution in [2.24, 2.45) is 7.05 Å². The number of anilines is 1. The van der Waals surface area contributed by atoms with Crippen molar-refractivity contribution in [1.29, 1.82) is 0 Å². The average molecular weight is 388 g/mol. The summed E-state index contributed by atoms with van der Waals surface area (Å²) in [5.74, 6) is -1.42. The Labute approximate surface area is 157 Å². The zero-order valence-corrected chi connectivity index (χ0v) is 14.7. The summed E-state index contributed by atoms with van der Waals surface area (Å²) in [5.41, 5.74) is -2.01. The van der Waals surface area contributed by atoms with E-state index in [1.165, 1.54) is 24.4 Å². The molecular weight excluding hydrogens is 373 g/mol. The molecule has 0 radical (unpaired) electrons. The van der Waals surface area contributed by atoms with E-state index in [1.807, 2.05) is 0 Å². The molecule has 1 atom stereocenters. The van der Waals surface area contributed by atoms with Crippen molar-refractivity contribution in [3.8, 4) is 11.3 Å². The van der Waals surface area contributed by atoms with E-state index in [9.17, 15) is 23.1 Å². The van der Waals surface area contributed by atoms with E-state index in [-0.39, 0.29) is 12.2 Å². The van der Waals surface area contributed by atoms with Crippen LogP contribution in [0.1, 0.15) is 11.1 Å². The molecule has 0 bridgehead atoms. The number of para-hydroxylation sites is 1. The fourth-order valence-corrected chi connectivity index (χ4v) is 3.29. The molecule has 6 nitrogen and oxygen atoms in total. The molecule has 0 saturated carbocycles. The predicted octanol–water partition coefficient (Wildman–Crippen LogP) is 2.78. The van der Waals surface area contributed by atoms with Crippen LogP contribution in [0.25, 0.3) is 11.3 Å². The minimum absolute atomic E-state index is 0.0312. The van der Waals surface area contributed by atoms with Gasteiger partial charge in [-0.1, -0.05) is 24.3 Å². The van der Waals surface area contributed by atoms with Crippen LogP contribution in [0.3, 0.4) is 0 Å². The van der Waals surface area contributed by atoms with E-state index >= 15 is 0 Å². The van der Waals surface area contributed by atoms with Gasteiger partial charge in [-0.3, -0.25) is 14.5 Å². The lowest BCUT2D eigenvalue weighted by Gasteiger charge is -2.25. The number of alkyl halides is 3. The molecule has 1 aromatic carbocycles. The van der Waals surface area contributed by atoms with Gasteiger partial charge in [0.2, 0.25) is 0 Å². The molecule has 1 aliphatic heterocycles. The van der Waals surface area contributed by atoms with E-state index in [2.05, 4.69) is 10.1 Å². The number of fused-ring (bicyclic) bond motifs is 1. The number of nitrogens with zero attached hydrogens (tertiary/aromatic N) is 4. The van der Waals surface area contributed by atoms with Crippen LogP contribution in [0.2, 0.25) is 0 Å². The highest BCUT2D eigenvalue weighted by molar-refractivity contribution is 6.07. The van der Waals surface area contributed by atoms with Gasteiger partial charge in [0.05, 0.1) is 24.1 Å². The van der Waals surface area contributed by atoms with Gasteiger partial charge < -0.3 is 10.0 Å². The highest BCUT2D eigenvalue weighted by Gasteiger charge is 2.66. The minimum atomic E-state index is -5.13. The molecule has 144 valence electrons. The van der Waals surface area contributed by atoms with E-state index in [0.717, 1.165) is 16.5 Å². The molecule has 3 heterocycles. The molecule has 9 heteroatoms. The van der Waals surface area contributed by atoms with E-state index in [4.69, 9.17) is 0 Å².